The molecular weight excluding hydrogens is 326 g/mol. The number of hydrogen-bond acceptors (Lipinski definition) is 6. The number of nitrogens with two attached hydrogens (primary N) is 2. The quantitative estimate of drug-likeness (QED) is 0.572. The first-order chi connectivity index (χ1) is 12.7. The van der Waals surface area contributed by atoms with Crippen LogP contribution in [-0.4, -0.2) is 33.0 Å². The predicted molar refractivity (Wildman–Crippen MR) is 103 cm³/mol. The summed E-state index contributed by atoms with van der Waals surface area (Å²) in [7, 11) is 0. The van der Waals surface area contributed by atoms with Gasteiger partial charge in [-0.05, 0) is 56.0 Å². The van der Waals surface area contributed by atoms with Gasteiger partial charge in [0.2, 0.25) is 5.95 Å². The lowest BCUT2D eigenvalue weighted by Crippen LogP contribution is -2.33. The second kappa shape index (κ2) is 7.01. The van der Waals surface area contributed by atoms with Crippen molar-refractivity contribution < 1.29 is 0 Å². The summed E-state index contributed by atoms with van der Waals surface area (Å²) in [6.07, 6.45) is 6.83. The number of rotatable bonds is 4. The molecule has 0 amide bonds. The Kier molecular flexibility index (Phi) is 4.57. The standard InChI is InChI=1S/C19H25N7/c1-2-13-8-16(26-19(21)25-13)15-10-24-18-14(15)7-12(9-23-18)17(20)11-3-5-22-6-4-11/h7-11,17,22H,2-6,20H2,1H3,(H,23,24)(H2,21,25,26). The number of aromatic nitrogens is 4. The molecule has 1 aliphatic heterocycles. The molecule has 1 atom stereocenters. The minimum Gasteiger partial charge on any atom is -0.368 e. The van der Waals surface area contributed by atoms with Gasteiger partial charge in [0.05, 0.1) is 5.69 Å². The van der Waals surface area contributed by atoms with Crippen molar-refractivity contribution in [2.24, 2.45) is 11.7 Å². The van der Waals surface area contributed by atoms with Crippen molar-refractivity contribution in [1.82, 2.24) is 25.3 Å². The van der Waals surface area contributed by atoms with Gasteiger partial charge in [-0.25, -0.2) is 15.0 Å². The van der Waals surface area contributed by atoms with E-state index >= 15 is 0 Å². The maximum Gasteiger partial charge on any atom is 0.220 e. The monoisotopic (exact) mass is 351 g/mol. The molecule has 0 radical (unpaired) electrons. The Morgan fingerprint density at radius 3 is 2.81 bits per heavy atom. The molecule has 3 aromatic rings. The summed E-state index contributed by atoms with van der Waals surface area (Å²) in [6.45, 7) is 4.12. The van der Waals surface area contributed by atoms with E-state index in [9.17, 15) is 0 Å². The van der Waals surface area contributed by atoms with Crippen molar-refractivity contribution in [2.75, 3.05) is 18.8 Å². The van der Waals surface area contributed by atoms with Crippen LogP contribution in [0.3, 0.4) is 0 Å². The average Bonchev–Trinajstić information content (AvgIpc) is 3.10. The van der Waals surface area contributed by atoms with Crippen molar-refractivity contribution in [2.45, 2.75) is 32.2 Å². The van der Waals surface area contributed by atoms with Crippen LogP contribution in [0.1, 0.15) is 37.1 Å². The highest BCUT2D eigenvalue weighted by atomic mass is 15.0. The number of H-pyrrole nitrogens is 1. The average molecular weight is 351 g/mol. The van der Waals surface area contributed by atoms with Crippen LogP contribution in [0.5, 0.6) is 0 Å². The number of aryl methyl sites for hydroxylation is 1. The van der Waals surface area contributed by atoms with Gasteiger partial charge in [-0.2, -0.15) is 0 Å². The second-order valence-corrected chi connectivity index (χ2v) is 6.94. The summed E-state index contributed by atoms with van der Waals surface area (Å²) in [5.41, 5.74) is 17.1. The molecule has 0 saturated carbocycles. The van der Waals surface area contributed by atoms with Crippen molar-refractivity contribution in [3.8, 4) is 11.3 Å². The fourth-order valence-corrected chi connectivity index (χ4v) is 3.73. The highest BCUT2D eigenvalue weighted by Gasteiger charge is 2.23. The van der Waals surface area contributed by atoms with E-state index < -0.39 is 0 Å². The van der Waals surface area contributed by atoms with E-state index in [0.29, 0.717) is 11.9 Å². The summed E-state index contributed by atoms with van der Waals surface area (Å²) in [5, 5.41) is 4.41. The first kappa shape index (κ1) is 16.9. The Balaban J connectivity index is 1.74. The zero-order chi connectivity index (χ0) is 18.1. The summed E-state index contributed by atoms with van der Waals surface area (Å²) < 4.78 is 0. The van der Waals surface area contributed by atoms with Gasteiger partial charge in [-0.1, -0.05) is 6.92 Å². The number of nitrogens with one attached hydrogen (secondary N) is 2. The van der Waals surface area contributed by atoms with Crippen LogP contribution >= 0.6 is 0 Å². The van der Waals surface area contributed by atoms with Crippen LogP contribution < -0.4 is 16.8 Å². The predicted octanol–water partition coefficient (Wildman–Crippen LogP) is 2.16. The Morgan fingerprint density at radius 2 is 2.04 bits per heavy atom. The van der Waals surface area contributed by atoms with E-state index in [0.717, 1.165) is 65.9 Å². The van der Waals surface area contributed by atoms with Gasteiger partial charge >= 0.3 is 0 Å². The van der Waals surface area contributed by atoms with Crippen molar-refractivity contribution in [3.05, 3.63) is 35.8 Å². The largest absolute Gasteiger partial charge is 0.368 e. The molecule has 26 heavy (non-hydrogen) atoms. The van der Waals surface area contributed by atoms with E-state index in [2.05, 4.69) is 38.2 Å². The van der Waals surface area contributed by atoms with Crippen LogP contribution in [0.25, 0.3) is 22.3 Å². The van der Waals surface area contributed by atoms with Crippen LogP contribution in [0.15, 0.2) is 24.5 Å². The third kappa shape index (κ3) is 3.15. The van der Waals surface area contributed by atoms with Gasteiger partial charge in [-0.15, -0.1) is 0 Å². The molecule has 1 saturated heterocycles. The molecule has 136 valence electrons. The van der Waals surface area contributed by atoms with Gasteiger partial charge < -0.3 is 21.8 Å². The molecule has 7 heteroatoms. The Labute approximate surface area is 152 Å². The van der Waals surface area contributed by atoms with E-state index in [4.69, 9.17) is 11.5 Å². The third-order valence-electron chi connectivity index (χ3n) is 5.26. The molecule has 0 aliphatic carbocycles. The molecule has 1 unspecified atom stereocenters. The van der Waals surface area contributed by atoms with Gasteiger partial charge in [0.15, 0.2) is 0 Å². The number of pyridine rings is 1. The van der Waals surface area contributed by atoms with Crippen LogP contribution in [-0.2, 0) is 6.42 Å². The number of nitrogen functional groups attached to an aromatic ring is 1. The molecule has 4 rings (SSSR count). The van der Waals surface area contributed by atoms with E-state index in [-0.39, 0.29) is 6.04 Å². The zero-order valence-corrected chi connectivity index (χ0v) is 15.0. The summed E-state index contributed by atoms with van der Waals surface area (Å²) in [6, 6.07) is 4.13. The first-order valence-corrected chi connectivity index (χ1v) is 9.23. The molecule has 0 aromatic carbocycles. The highest BCUT2D eigenvalue weighted by Crippen LogP contribution is 2.32. The zero-order valence-electron chi connectivity index (χ0n) is 15.0. The molecular formula is C19H25N7. The van der Waals surface area contributed by atoms with E-state index in [1.54, 1.807) is 0 Å². The van der Waals surface area contributed by atoms with Gasteiger partial charge in [-0.3, -0.25) is 0 Å². The van der Waals surface area contributed by atoms with E-state index in [1.165, 1.54) is 0 Å². The number of piperidine rings is 1. The second-order valence-electron chi connectivity index (χ2n) is 6.94. The molecule has 0 bridgehead atoms. The molecule has 6 N–H and O–H groups in total. The summed E-state index contributed by atoms with van der Waals surface area (Å²) in [4.78, 5) is 16.5. The molecule has 3 aromatic heterocycles. The summed E-state index contributed by atoms with van der Waals surface area (Å²) >= 11 is 0. The van der Waals surface area contributed by atoms with E-state index in [1.807, 2.05) is 18.5 Å². The van der Waals surface area contributed by atoms with Gasteiger partial charge in [0.25, 0.3) is 0 Å². The SMILES string of the molecule is CCc1cc(-c2c[nH]c3ncc(C(N)C4CCNCC4)cc23)nc(N)n1. The lowest BCUT2D eigenvalue weighted by molar-refractivity contribution is 0.322. The van der Waals surface area contributed by atoms with Gasteiger partial charge in [0.1, 0.15) is 5.65 Å². The van der Waals surface area contributed by atoms with Crippen molar-refractivity contribution >= 4 is 17.0 Å². The lowest BCUT2D eigenvalue weighted by Gasteiger charge is -2.28. The number of fused-ring (bicyclic) bond motifs is 1. The fraction of sp³-hybridized carbons (Fsp3) is 0.421. The Bertz CT molecular complexity index is 911. The number of aromatic amines is 1. The molecule has 0 spiro atoms. The maximum atomic E-state index is 6.56. The lowest BCUT2D eigenvalue weighted by atomic mass is 9.87. The van der Waals surface area contributed by atoms with Crippen molar-refractivity contribution in [3.63, 3.8) is 0 Å². The Hall–Kier alpha value is -2.51. The number of nitrogens with zero attached hydrogens (tertiary/aromatic N) is 3. The maximum absolute atomic E-state index is 6.56. The van der Waals surface area contributed by atoms with Crippen molar-refractivity contribution in [1.29, 1.82) is 0 Å². The van der Waals surface area contributed by atoms with Crippen LogP contribution in [0.2, 0.25) is 0 Å². The number of anilines is 1. The molecule has 4 heterocycles. The Morgan fingerprint density at radius 1 is 1.23 bits per heavy atom. The normalized spacial score (nSPS) is 16.8. The molecule has 1 aliphatic rings. The minimum absolute atomic E-state index is 0.00146. The topological polar surface area (TPSA) is 119 Å². The first-order valence-electron chi connectivity index (χ1n) is 9.23. The minimum atomic E-state index is -0.00146. The third-order valence-corrected chi connectivity index (χ3v) is 5.26. The smallest absolute Gasteiger partial charge is 0.220 e. The van der Waals surface area contributed by atoms with Crippen LogP contribution in [0, 0.1) is 5.92 Å². The fourth-order valence-electron chi connectivity index (χ4n) is 3.73. The summed E-state index contributed by atoms with van der Waals surface area (Å²) in [5.74, 6) is 0.781. The van der Waals surface area contributed by atoms with Gasteiger partial charge in [0, 0.05) is 35.1 Å². The highest BCUT2D eigenvalue weighted by molar-refractivity contribution is 5.93. The molecule has 1 fully saturated rings. The molecule has 7 nitrogen and oxygen atoms in total. The number of hydrogen-bond donors (Lipinski definition) is 4. The van der Waals surface area contributed by atoms with Crippen LogP contribution in [0.4, 0.5) is 5.95 Å².